The number of carbonyl (C=O) groups excluding carboxylic acids is 3. The molecular formula is C23H22ClF3N4O6S. The van der Waals surface area contributed by atoms with Crippen molar-refractivity contribution in [3.05, 3.63) is 58.9 Å². The second-order valence-corrected chi connectivity index (χ2v) is 11.1. The van der Waals surface area contributed by atoms with Crippen LogP contribution in [0.3, 0.4) is 0 Å². The first-order chi connectivity index (χ1) is 17.8. The molecule has 1 atom stereocenters. The summed E-state index contributed by atoms with van der Waals surface area (Å²) in [6.07, 6.45) is 0. The van der Waals surface area contributed by atoms with Gasteiger partial charge in [-0.15, -0.1) is 0 Å². The van der Waals surface area contributed by atoms with E-state index in [4.69, 9.17) is 11.6 Å². The number of amides is 4. The van der Waals surface area contributed by atoms with Crippen molar-refractivity contribution in [3.63, 3.8) is 0 Å². The number of halogens is 4. The van der Waals surface area contributed by atoms with E-state index in [0.29, 0.717) is 5.56 Å². The molecule has 4 amide bonds. The molecule has 0 unspecified atom stereocenters. The number of nitrogens with zero attached hydrogens (tertiary/aromatic N) is 3. The summed E-state index contributed by atoms with van der Waals surface area (Å²) < 4.78 is 69.4. The van der Waals surface area contributed by atoms with Gasteiger partial charge in [-0.3, -0.25) is 14.5 Å². The van der Waals surface area contributed by atoms with Crippen LogP contribution in [0, 0.1) is 5.82 Å². The Labute approximate surface area is 220 Å². The largest absolute Gasteiger partial charge is 0.435 e. The van der Waals surface area contributed by atoms with Crippen molar-refractivity contribution < 1.29 is 40.7 Å². The number of nitrogens with one attached hydrogen (secondary N) is 1. The zero-order chi connectivity index (χ0) is 27.8. The molecule has 2 fully saturated rings. The highest BCUT2D eigenvalue weighted by Crippen LogP contribution is 2.30. The van der Waals surface area contributed by atoms with E-state index < -0.39 is 52.4 Å². The van der Waals surface area contributed by atoms with Crippen LogP contribution in [0.2, 0.25) is 5.02 Å². The third kappa shape index (κ3) is 5.28. The minimum atomic E-state index is -3.98. The van der Waals surface area contributed by atoms with E-state index in [1.165, 1.54) is 36.1 Å². The van der Waals surface area contributed by atoms with Gasteiger partial charge in [-0.2, -0.15) is 13.1 Å². The summed E-state index contributed by atoms with van der Waals surface area (Å²) in [4.78, 5) is 40.5. The number of carbonyl (C=O) groups is 3. The summed E-state index contributed by atoms with van der Waals surface area (Å²) in [5.74, 6) is -2.16. The maximum absolute atomic E-state index is 13.4. The van der Waals surface area contributed by atoms with Crippen molar-refractivity contribution in [1.82, 2.24) is 19.4 Å². The Hall–Kier alpha value is -3.36. The number of alkyl halides is 2. The molecule has 2 saturated heterocycles. The SMILES string of the molecule is C[C@]1(c2ccc(OC(F)F)cc2)NC(=O)N(CC(=O)N2CCN(S(=O)(=O)c3ccc(F)c(Cl)c3)CC2)C1=O. The van der Waals surface area contributed by atoms with E-state index in [1.807, 2.05) is 0 Å². The average molecular weight is 575 g/mol. The maximum atomic E-state index is 13.4. The smallest absolute Gasteiger partial charge is 0.387 e. The first-order valence-electron chi connectivity index (χ1n) is 11.3. The molecule has 0 saturated carbocycles. The van der Waals surface area contributed by atoms with E-state index in [-0.39, 0.29) is 41.8 Å². The van der Waals surface area contributed by atoms with Crippen LogP contribution in [0.1, 0.15) is 12.5 Å². The van der Waals surface area contributed by atoms with Gasteiger partial charge >= 0.3 is 12.6 Å². The lowest BCUT2D eigenvalue weighted by atomic mass is 9.92. The molecule has 2 aromatic carbocycles. The summed E-state index contributed by atoms with van der Waals surface area (Å²) in [7, 11) is -3.98. The Morgan fingerprint density at radius 1 is 1.11 bits per heavy atom. The molecule has 2 heterocycles. The monoisotopic (exact) mass is 574 g/mol. The third-order valence-electron chi connectivity index (χ3n) is 6.35. The number of sulfonamides is 1. The van der Waals surface area contributed by atoms with Crippen LogP contribution < -0.4 is 10.1 Å². The van der Waals surface area contributed by atoms with E-state index in [1.54, 1.807) is 0 Å². The van der Waals surface area contributed by atoms with E-state index in [0.717, 1.165) is 27.4 Å². The highest BCUT2D eigenvalue weighted by Gasteiger charge is 2.50. The average Bonchev–Trinajstić information content (AvgIpc) is 3.09. The number of rotatable bonds is 7. The number of imide groups is 1. The van der Waals surface area contributed by atoms with Gasteiger partial charge in [-0.25, -0.2) is 17.6 Å². The van der Waals surface area contributed by atoms with Crippen LogP contribution in [0.4, 0.5) is 18.0 Å². The van der Waals surface area contributed by atoms with Gasteiger partial charge in [0.15, 0.2) is 0 Å². The first kappa shape index (κ1) is 27.7. The molecule has 15 heteroatoms. The standard InChI is InChI=1S/C23H22ClF3N4O6S/c1-23(14-2-4-15(5-3-14)37-21(26)27)20(33)31(22(34)28-23)13-19(32)29-8-10-30(11-9-29)38(35,36)16-6-7-18(25)17(24)12-16/h2-7,12,21H,8-11,13H2,1H3,(H,28,34)/t23-/m1/s1. The molecule has 2 aliphatic heterocycles. The van der Waals surface area contributed by atoms with Gasteiger partial charge in [0.1, 0.15) is 23.7 Å². The van der Waals surface area contributed by atoms with Crippen LogP contribution in [0.25, 0.3) is 0 Å². The van der Waals surface area contributed by atoms with E-state index >= 15 is 0 Å². The minimum absolute atomic E-state index is 0.000489. The molecular weight excluding hydrogens is 553 g/mol. The van der Waals surface area contributed by atoms with Gasteiger partial charge in [0, 0.05) is 26.2 Å². The van der Waals surface area contributed by atoms with Crippen LogP contribution in [0.15, 0.2) is 47.4 Å². The lowest BCUT2D eigenvalue weighted by Crippen LogP contribution is -2.53. The highest BCUT2D eigenvalue weighted by molar-refractivity contribution is 7.89. The van der Waals surface area contributed by atoms with E-state index in [2.05, 4.69) is 10.1 Å². The Bertz CT molecular complexity index is 1370. The Morgan fingerprint density at radius 2 is 1.74 bits per heavy atom. The van der Waals surface area contributed by atoms with Crippen molar-refractivity contribution in [2.45, 2.75) is 24.0 Å². The normalized spacial score (nSPS) is 20.7. The van der Waals surface area contributed by atoms with Gasteiger partial charge in [0.05, 0.1) is 9.92 Å². The van der Waals surface area contributed by atoms with Crippen LogP contribution in [-0.2, 0) is 25.2 Å². The van der Waals surface area contributed by atoms with Crippen LogP contribution in [0.5, 0.6) is 5.75 Å². The quantitative estimate of drug-likeness (QED) is 0.508. The van der Waals surface area contributed by atoms with Gasteiger partial charge < -0.3 is 15.0 Å². The molecule has 0 bridgehead atoms. The molecule has 0 aromatic heterocycles. The molecule has 0 aliphatic carbocycles. The summed E-state index contributed by atoms with van der Waals surface area (Å²) in [6, 6.07) is 7.42. The van der Waals surface area contributed by atoms with Crippen molar-refractivity contribution >= 4 is 39.5 Å². The number of ether oxygens (including phenoxy) is 1. The Balaban J connectivity index is 1.39. The molecule has 0 radical (unpaired) electrons. The minimum Gasteiger partial charge on any atom is -0.435 e. The number of piperazine rings is 1. The topological polar surface area (TPSA) is 116 Å². The lowest BCUT2D eigenvalue weighted by molar-refractivity contribution is -0.139. The molecule has 0 spiro atoms. The molecule has 2 aliphatic rings. The van der Waals surface area contributed by atoms with Gasteiger partial charge in [0.2, 0.25) is 15.9 Å². The van der Waals surface area contributed by atoms with Gasteiger partial charge in [0.25, 0.3) is 5.91 Å². The Morgan fingerprint density at radius 3 is 2.32 bits per heavy atom. The van der Waals surface area contributed by atoms with Crippen molar-refractivity contribution in [3.8, 4) is 5.75 Å². The molecule has 38 heavy (non-hydrogen) atoms. The predicted octanol–water partition coefficient (Wildman–Crippen LogP) is 2.38. The predicted molar refractivity (Wildman–Crippen MR) is 127 cm³/mol. The fourth-order valence-corrected chi connectivity index (χ4v) is 5.90. The zero-order valence-electron chi connectivity index (χ0n) is 19.9. The maximum Gasteiger partial charge on any atom is 0.387 e. The number of hydrogen-bond acceptors (Lipinski definition) is 6. The van der Waals surface area contributed by atoms with Crippen LogP contribution >= 0.6 is 11.6 Å². The summed E-state index contributed by atoms with van der Waals surface area (Å²) in [5.41, 5.74) is -1.24. The molecule has 10 nitrogen and oxygen atoms in total. The number of urea groups is 1. The zero-order valence-corrected chi connectivity index (χ0v) is 21.4. The second-order valence-electron chi connectivity index (χ2n) is 8.71. The van der Waals surface area contributed by atoms with Crippen molar-refractivity contribution in [2.24, 2.45) is 0 Å². The van der Waals surface area contributed by atoms with Crippen molar-refractivity contribution in [1.29, 1.82) is 0 Å². The highest BCUT2D eigenvalue weighted by atomic mass is 35.5. The van der Waals surface area contributed by atoms with Crippen molar-refractivity contribution in [2.75, 3.05) is 32.7 Å². The van der Waals surface area contributed by atoms with Gasteiger partial charge in [-0.05, 0) is 42.8 Å². The summed E-state index contributed by atoms with van der Waals surface area (Å²) >= 11 is 5.70. The lowest BCUT2D eigenvalue weighted by Gasteiger charge is -2.34. The second kappa shape index (κ2) is 10.4. The molecule has 4 rings (SSSR count). The summed E-state index contributed by atoms with van der Waals surface area (Å²) in [5, 5.41) is 2.19. The molecule has 1 N–H and O–H groups in total. The number of hydrogen-bond donors (Lipinski definition) is 1. The number of benzene rings is 2. The molecule has 204 valence electrons. The summed E-state index contributed by atoms with van der Waals surface area (Å²) in [6.45, 7) is -2.30. The Kier molecular flexibility index (Phi) is 7.59. The molecule has 2 aromatic rings. The van der Waals surface area contributed by atoms with Crippen LogP contribution in [-0.4, -0.2) is 79.7 Å². The third-order valence-corrected chi connectivity index (χ3v) is 8.53. The fourth-order valence-electron chi connectivity index (χ4n) is 4.21. The van der Waals surface area contributed by atoms with Gasteiger partial charge in [-0.1, -0.05) is 23.7 Å². The van der Waals surface area contributed by atoms with E-state index in [9.17, 15) is 36.0 Å². The fraction of sp³-hybridized carbons (Fsp3) is 0.348. The first-order valence-corrected chi connectivity index (χ1v) is 13.1.